The third-order valence-electron chi connectivity index (χ3n) is 2.09. The second-order valence-electron chi connectivity index (χ2n) is 3.36. The van der Waals surface area contributed by atoms with Gasteiger partial charge >= 0.3 is 0 Å². The van der Waals surface area contributed by atoms with Crippen LogP contribution in [-0.2, 0) is 0 Å². The Kier molecular flexibility index (Phi) is 6.74. The van der Waals surface area contributed by atoms with Gasteiger partial charge in [-0.25, -0.2) is 0 Å². The first-order valence-corrected chi connectivity index (χ1v) is 5.43. The first-order chi connectivity index (χ1) is 7.00. The average molecular weight is 187 g/mol. The van der Waals surface area contributed by atoms with Gasteiger partial charge in [0.25, 0.3) is 0 Å². The summed E-state index contributed by atoms with van der Waals surface area (Å²) in [4.78, 5) is 0. The van der Waals surface area contributed by atoms with E-state index >= 15 is 0 Å². The van der Waals surface area contributed by atoms with Crippen LogP contribution < -0.4 is 0 Å². The van der Waals surface area contributed by atoms with Crippen molar-refractivity contribution >= 4 is 0 Å². The molecule has 0 spiro atoms. The zero-order chi connectivity index (χ0) is 9.90. The van der Waals surface area contributed by atoms with Crippen LogP contribution in [0.4, 0.5) is 0 Å². The normalized spacial score (nSPS) is 28.6. The van der Waals surface area contributed by atoms with Crippen molar-refractivity contribution in [3.63, 3.8) is 0 Å². The minimum absolute atomic E-state index is 1.06. The fourth-order valence-corrected chi connectivity index (χ4v) is 1.30. The third kappa shape index (κ3) is 6.47. The van der Waals surface area contributed by atoms with Gasteiger partial charge in [0.15, 0.2) is 0 Å². The van der Waals surface area contributed by atoms with Crippen molar-refractivity contribution in [2.75, 3.05) is 0 Å². The molecule has 1 aliphatic carbocycles. The Bertz CT molecular complexity index is 204. The Hall–Kier alpha value is -1.04. The maximum absolute atomic E-state index is 2.26. The van der Waals surface area contributed by atoms with E-state index in [4.69, 9.17) is 0 Å². The molecule has 0 aromatic rings. The summed E-state index contributed by atoms with van der Waals surface area (Å²) < 4.78 is 0. The highest BCUT2D eigenvalue weighted by atomic mass is 13.9. The van der Waals surface area contributed by atoms with Crippen LogP contribution in [0.2, 0.25) is 0 Å². The molecule has 0 aliphatic heterocycles. The first kappa shape index (κ1) is 11.0. The van der Waals surface area contributed by atoms with Crippen molar-refractivity contribution in [3.05, 3.63) is 55.0 Å². The Morgan fingerprint density at radius 3 is 1.86 bits per heavy atom. The Balaban J connectivity index is 2.34. The van der Waals surface area contributed by atoms with Crippen molar-refractivity contribution in [2.45, 2.75) is 32.1 Å². The van der Waals surface area contributed by atoms with Crippen LogP contribution in [-0.4, -0.2) is 0 Å². The van der Waals surface area contributed by atoms with E-state index in [9.17, 15) is 0 Å². The first-order valence-electron chi connectivity index (χ1n) is 5.43. The Morgan fingerprint density at radius 2 is 1.07 bits per heavy atom. The van der Waals surface area contributed by atoms with Crippen molar-refractivity contribution in [1.82, 2.24) is 0 Å². The van der Waals surface area contributed by atoms with Gasteiger partial charge in [-0.2, -0.15) is 0 Å². The van der Waals surface area contributed by atoms with Crippen molar-refractivity contribution < 1.29 is 0 Å². The van der Waals surface area contributed by atoms with Crippen molar-refractivity contribution in [1.29, 1.82) is 0 Å². The molecule has 75 valence electrons. The minimum atomic E-state index is 1.06. The molecule has 0 saturated carbocycles. The number of hydrogen-bond acceptors (Lipinski definition) is 0. The lowest BCUT2D eigenvalue weighted by molar-refractivity contribution is 1.04. The lowest BCUT2D eigenvalue weighted by Crippen LogP contribution is -1.70. The van der Waals surface area contributed by atoms with Crippen LogP contribution in [0.15, 0.2) is 48.6 Å². The molecular formula is C14H19. The summed E-state index contributed by atoms with van der Waals surface area (Å²) >= 11 is 0. The van der Waals surface area contributed by atoms with Gasteiger partial charge in [-0.15, -0.1) is 0 Å². The van der Waals surface area contributed by atoms with Crippen molar-refractivity contribution in [3.8, 4) is 0 Å². The van der Waals surface area contributed by atoms with E-state index in [1.54, 1.807) is 0 Å². The topological polar surface area (TPSA) is 0 Å². The van der Waals surface area contributed by atoms with E-state index in [0.717, 1.165) is 32.1 Å². The molecule has 0 nitrogen and oxygen atoms in total. The van der Waals surface area contributed by atoms with Crippen LogP contribution in [0.25, 0.3) is 0 Å². The lowest BCUT2D eigenvalue weighted by Gasteiger charge is -1.90. The predicted octanol–water partition coefficient (Wildman–Crippen LogP) is 4.38. The maximum Gasteiger partial charge on any atom is -0.0133 e. The molecule has 0 unspecified atom stereocenters. The smallest absolute Gasteiger partial charge is 0.0133 e. The molecule has 1 rings (SSSR count). The zero-order valence-electron chi connectivity index (χ0n) is 8.73. The number of allylic oxidation sites excluding steroid dienone is 8. The lowest BCUT2D eigenvalue weighted by atomic mass is 10.2. The molecule has 0 bridgehead atoms. The Labute approximate surface area is 87.7 Å². The van der Waals surface area contributed by atoms with E-state index in [0.29, 0.717) is 0 Å². The standard InChI is InChI=1S/C14H19/c1-2-4-6-8-10-12-14-13-11-9-7-5-3-1/h1-3,6,8-9,11-12,14H,4-5,7,10,13H2/b3-1+,8-6+,11-9-,14-12+. The molecule has 0 heterocycles. The summed E-state index contributed by atoms with van der Waals surface area (Å²) in [7, 11) is 0. The van der Waals surface area contributed by atoms with Gasteiger partial charge in [-0.05, 0) is 38.5 Å². The summed E-state index contributed by atoms with van der Waals surface area (Å²) in [5.74, 6) is 0. The SMILES string of the molecule is [CH]1/C=C/CC/C=C\C/C=C/C/C=C/C1. The molecule has 1 radical (unpaired) electrons. The quantitative estimate of drug-likeness (QED) is 0.494. The van der Waals surface area contributed by atoms with Gasteiger partial charge in [0.1, 0.15) is 0 Å². The van der Waals surface area contributed by atoms with E-state index < -0.39 is 0 Å². The molecule has 0 fully saturated rings. The van der Waals surface area contributed by atoms with Gasteiger partial charge in [0, 0.05) is 0 Å². The zero-order valence-corrected chi connectivity index (χ0v) is 8.73. The molecule has 1 aliphatic rings. The molecule has 0 N–H and O–H groups in total. The van der Waals surface area contributed by atoms with Gasteiger partial charge in [0.05, 0.1) is 0 Å². The van der Waals surface area contributed by atoms with Crippen LogP contribution in [0, 0.1) is 6.42 Å². The molecular weight excluding hydrogens is 168 g/mol. The third-order valence-corrected chi connectivity index (χ3v) is 2.09. The summed E-state index contributed by atoms with van der Waals surface area (Å²) in [6.45, 7) is 0. The average Bonchev–Trinajstić information content (AvgIpc) is 2.22. The molecule has 0 amide bonds. The van der Waals surface area contributed by atoms with Crippen LogP contribution in [0.3, 0.4) is 0 Å². The summed E-state index contributed by atoms with van der Waals surface area (Å²) in [5.41, 5.74) is 0. The van der Waals surface area contributed by atoms with E-state index in [-0.39, 0.29) is 0 Å². The highest BCUT2D eigenvalue weighted by molar-refractivity contribution is 5.03. The summed E-state index contributed by atoms with van der Waals surface area (Å²) in [5, 5.41) is 0. The summed E-state index contributed by atoms with van der Waals surface area (Å²) in [6.07, 6.45) is 25.5. The number of rotatable bonds is 0. The fourth-order valence-electron chi connectivity index (χ4n) is 1.30. The van der Waals surface area contributed by atoms with E-state index in [2.05, 4.69) is 55.0 Å². The van der Waals surface area contributed by atoms with Crippen LogP contribution >= 0.6 is 0 Å². The van der Waals surface area contributed by atoms with Gasteiger partial charge in [0.2, 0.25) is 0 Å². The molecule has 0 aromatic carbocycles. The minimum Gasteiger partial charge on any atom is -0.0879 e. The Morgan fingerprint density at radius 1 is 0.500 bits per heavy atom. The second-order valence-corrected chi connectivity index (χ2v) is 3.36. The maximum atomic E-state index is 2.26. The molecule has 0 saturated heterocycles. The van der Waals surface area contributed by atoms with E-state index in [1.165, 1.54) is 0 Å². The van der Waals surface area contributed by atoms with E-state index in [1.807, 2.05) is 0 Å². The number of hydrogen-bond donors (Lipinski definition) is 0. The monoisotopic (exact) mass is 187 g/mol. The van der Waals surface area contributed by atoms with Crippen LogP contribution in [0.5, 0.6) is 0 Å². The largest absolute Gasteiger partial charge is 0.0879 e. The fraction of sp³-hybridized carbons (Fsp3) is 0.357. The highest BCUT2D eigenvalue weighted by Gasteiger charge is 1.80. The highest BCUT2D eigenvalue weighted by Crippen LogP contribution is 2.00. The van der Waals surface area contributed by atoms with Gasteiger partial charge in [-0.3, -0.25) is 0 Å². The van der Waals surface area contributed by atoms with Gasteiger partial charge in [-0.1, -0.05) is 48.6 Å². The van der Waals surface area contributed by atoms with Crippen LogP contribution in [0.1, 0.15) is 32.1 Å². The molecule has 0 atom stereocenters. The predicted molar refractivity (Wildman–Crippen MR) is 63.9 cm³/mol. The molecule has 14 heavy (non-hydrogen) atoms. The van der Waals surface area contributed by atoms with Crippen molar-refractivity contribution in [2.24, 2.45) is 0 Å². The second kappa shape index (κ2) is 8.55. The summed E-state index contributed by atoms with van der Waals surface area (Å²) in [6, 6.07) is 0. The molecule has 0 aromatic heterocycles. The van der Waals surface area contributed by atoms with Gasteiger partial charge < -0.3 is 0 Å². The molecule has 0 heteroatoms.